The predicted molar refractivity (Wildman–Crippen MR) is 88.6 cm³/mol. The minimum Gasteiger partial charge on any atom is -0.354 e. The summed E-state index contributed by atoms with van der Waals surface area (Å²) in [6.45, 7) is 9.47. The third-order valence-corrected chi connectivity index (χ3v) is 4.42. The third kappa shape index (κ3) is 3.46. The van der Waals surface area contributed by atoms with Crippen molar-refractivity contribution >= 4 is 11.6 Å². The number of nitrogens with two attached hydrogens (primary N) is 1. The molecule has 1 saturated carbocycles. The van der Waals surface area contributed by atoms with E-state index in [4.69, 9.17) is 10.8 Å². The second kappa shape index (κ2) is 7.07. The van der Waals surface area contributed by atoms with E-state index in [-0.39, 0.29) is 0 Å². The molecule has 1 aromatic heterocycles. The molecule has 1 aliphatic rings. The number of hydrazine groups is 1. The Bertz CT molecular complexity index is 466. The van der Waals surface area contributed by atoms with Gasteiger partial charge in [0.05, 0.1) is 0 Å². The van der Waals surface area contributed by atoms with Crippen LogP contribution < -0.4 is 16.2 Å². The maximum absolute atomic E-state index is 5.65. The highest BCUT2D eigenvalue weighted by Crippen LogP contribution is 2.31. The van der Waals surface area contributed by atoms with Gasteiger partial charge in [-0.1, -0.05) is 33.1 Å². The molecule has 118 valence electrons. The molecule has 5 heteroatoms. The molecular weight excluding hydrogens is 262 g/mol. The van der Waals surface area contributed by atoms with Crippen molar-refractivity contribution < 1.29 is 0 Å². The van der Waals surface area contributed by atoms with Crippen LogP contribution in [0.25, 0.3) is 0 Å². The monoisotopic (exact) mass is 291 g/mol. The molecule has 0 aliphatic heterocycles. The largest absolute Gasteiger partial charge is 0.354 e. The first-order valence-electron chi connectivity index (χ1n) is 8.20. The average Bonchev–Trinajstić information content (AvgIpc) is 2.50. The smallest absolute Gasteiger partial charge is 0.148 e. The van der Waals surface area contributed by atoms with Gasteiger partial charge in [0, 0.05) is 24.1 Å². The van der Waals surface area contributed by atoms with Gasteiger partial charge in [-0.05, 0) is 26.7 Å². The Morgan fingerprint density at radius 1 is 1.24 bits per heavy atom. The summed E-state index contributed by atoms with van der Waals surface area (Å²) in [5.41, 5.74) is 3.79. The molecule has 0 atom stereocenters. The van der Waals surface area contributed by atoms with Crippen LogP contribution in [0.1, 0.15) is 70.2 Å². The van der Waals surface area contributed by atoms with E-state index in [1.807, 2.05) is 0 Å². The van der Waals surface area contributed by atoms with Gasteiger partial charge in [-0.2, -0.15) is 0 Å². The molecule has 3 N–H and O–H groups in total. The molecule has 0 unspecified atom stereocenters. The highest BCUT2D eigenvalue weighted by Gasteiger charge is 2.24. The van der Waals surface area contributed by atoms with Gasteiger partial charge >= 0.3 is 0 Å². The molecule has 0 spiro atoms. The summed E-state index contributed by atoms with van der Waals surface area (Å²) < 4.78 is 0. The van der Waals surface area contributed by atoms with Crippen LogP contribution in [-0.4, -0.2) is 22.6 Å². The lowest BCUT2D eigenvalue weighted by molar-refractivity contribution is 0.415. The van der Waals surface area contributed by atoms with Crippen molar-refractivity contribution in [3.05, 3.63) is 11.4 Å². The standard InChI is InChI=1S/C16H29N5/c1-5-21(13-9-7-6-8-10-13)16-12(4)15(20-17)18-14(19-16)11(2)3/h11,13H,5-10,17H2,1-4H3,(H,18,19,20). The van der Waals surface area contributed by atoms with E-state index >= 15 is 0 Å². The van der Waals surface area contributed by atoms with Gasteiger partial charge < -0.3 is 10.3 Å². The van der Waals surface area contributed by atoms with Crippen molar-refractivity contribution in [3.8, 4) is 0 Å². The summed E-state index contributed by atoms with van der Waals surface area (Å²) in [7, 11) is 0. The molecular formula is C16H29N5. The van der Waals surface area contributed by atoms with Crippen LogP contribution in [0.4, 0.5) is 11.6 Å². The SMILES string of the molecule is CCN(c1nc(C(C)C)nc(NN)c1C)C1CCCCC1. The normalized spacial score (nSPS) is 16.3. The number of aromatic nitrogens is 2. The quantitative estimate of drug-likeness (QED) is 0.643. The number of rotatable bonds is 5. The zero-order chi connectivity index (χ0) is 15.4. The lowest BCUT2D eigenvalue weighted by Gasteiger charge is -2.35. The van der Waals surface area contributed by atoms with Gasteiger partial charge in [0.2, 0.25) is 0 Å². The number of hydrogen-bond donors (Lipinski definition) is 2. The van der Waals surface area contributed by atoms with Gasteiger partial charge in [-0.25, -0.2) is 15.8 Å². The Hall–Kier alpha value is -1.36. The van der Waals surface area contributed by atoms with Crippen molar-refractivity contribution in [2.45, 2.75) is 71.8 Å². The van der Waals surface area contributed by atoms with E-state index in [9.17, 15) is 0 Å². The van der Waals surface area contributed by atoms with Gasteiger partial charge in [-0.3, -0.25) is 0 Å². The van der Waals surface area contributed by atoms with E-state index < -0.39 is 0 Å². The summed E-state index contributed by atoms with van der Waals surface area (Å²) in [6, 6.07) is 0.600. The van der Waals surface area contributed by atoms with Crippen LogP contribution in [0.5, 0.6) is 0 Å². The van der Waals surface area contributed by atoms with Crippen LogP contribution in [0.2, 0.25) is 0 Å². The molecule has 1 aromatic rings. The topological polar surface area (TPSA) is 67.1 Å². The molecule has 2 rings (SSSR count). The molecule has 0 saturated heterocycles. The lowest BCUT2D eigenvalue weighted by atomic mass is 9.94. The van der Waals surface area contributed by atoms with E-state index in [1.165, 1.54) is 32.1 Å². The van der Waals surface area contributed by atoms with E-state index in [0.29, 0.717) is 12.0 Å². The first-order valence-corrected chi connectivity index (χ1v) is 8.20. The van der Waals surface area contributed by atoms with E-state index in [1.54, 1.807) is 0 Å². The Labute approximate surface area is 128 Å². The van der Waals surface area contributed by atoms with Gasteiger partial charge in [0.25, 0.3) is 0 Å². The minimum atomic E-state index is 0.293. The fraction of sp³-hybridized carbons (Fsp3) is 0.750. The maximum atomic E-state index is 5.65. The fourth-order valence-electron chi connectivity index (χ4n) is 3.17. The minimum absolute atomic E-state index is 0.293. The summed E-state index contributed by atoms with van der Waals surface area (Å²) in [6.07, 6.45) is 6.54. The average molecular weight is 291 g/mol. The van der Waals surface area contributed by atoms with Crippen molar-refractivity contribution in [1.82, 2.24) is 9.97 Å². The Balaban J connectivity index is 2.40. The molecule has 0 bridgehead atoms. The van der Waals surface area contributed by atoms with Crippen molar-refractivity contribution in [2.24, 2.45) is 5.84 Å². The third-order valence-electron chi connectivity index (χ3n) is 4.42. The highest BCUT2D eigenvalue weighted by molar-refractivity contribution is 5.59. The Morgan fingerprint density at radius 3 is 2.43 bits per heavy atom. The summed E-state index contributed by atoms with van der Waals surface area (Å²) in [5, 5.41) is 0. The lowest BCUT2D eigenvalue weighted by Crippen LogP contribution is -2.38. The molecule has 5 nitrogen and oxygen atoms in total. The molecule has 1 heterocycles. The molecule has 0 radical (unpaired) electrons. The zero-order valence-corrected chi connectivity index (χ0v) is 13.8. The number of nitrogen functional groups attached to an aromatic ring is 1. The highest BCUT2D eigenvalue weighted by atomic mass is 15.3. The summed E-state index contributed by atoms with van der Waals surface area (Å²) in [5.74, 6) is 8.60. The van der Waals surface area contributed by atoms with Gasteiger partial charge in [0.1, 0.15) is 17.5 Å². The van der Waals surface area contributed by atoms with Crippen LogP contribution >= 0.6 is 0 Å². The number of nitrogens with zero attached hydrogens (tertiary/aromatic N) is 3. The van der Waals surface area contributed by atoms with E-state index in [0.717, 1.165) is 29.6 Å². The van der Waals surface area contributed by atoms with Crippen molar-refractivity contribution in [2.75, 3.05) is 16.9 Å². The number of nitrogens with one attached hydrogen (secondary N) is 1. The van der Waals surface area contributed by atoms with Gasteiger partial charge in [-0.15, -0.1) is 0 Å². The summed E-state index contributed by atoms with van der Waals surface area (Å²) >= 11 is 0. The fourth-order valence-corrected chi connectivity index (χ4v) is 3.17. The maximum Gasteiger partial charge on any atom is 0.148 e. The first kappa shape index (κ1) is 16.0. The van der Waals surface area contributed by atoms with Crippen molar-refractivity contribution in [3.63, 3.8) is 0 Å². The molecule has 1 fully saturated rings. The molecule has 1 aliphatic carbocycles. The Morgan fingerprint density at radius 2 is 1.90 bits per heavy atom. The first-order chi connectivity index (χ1) is 10.1. The second-order valence-electron chi connectivity index (χ2n) is 6.26. The van der Waals surface area contributed by atoms with E-state index in [2.05, 4.69) is 43.0 Å². The van der Waals surface area contributed by atoms with Gasteiger partial charge in [0.15, 0.2) is 0 Å². The van der Waals surface area contributed by atoms with Crippen LogP contribution in [0.15, 0.2) is 0 Å². The van der Waals surface area contributed by atoms with Crippen molar-refractivity contribution in [1.29, 1.82) is 0 Å². The zero-order valence-electron chi connectivity index (χ0n) is 13.8. The number of hydrogen-bond acceptors (Lipinski definition) is 5. The number of anilines is 2. The second-order valence-corrected chi connectivity index (χ2v) is 6.26. The molecule has 21 heavy (non-hydrogen) atoms. The predicted octanol–water partition coefficient (Wildman–Crippen LogP) is 3.35. The van der Waals surface area contributed by atoms with Crippen LogP contribution in [0.3, 0.4) is 0 Å². The molecule has 0 amide bonds. The summed E-state index contributed by atoms with van der Waals surface area (Å²) in [4.78, 5) is 11.8. The molecule has 0 aromatic carbocycles. The van der Waals surface area contributed by atoms with Crippen LogP contribution in [-0.2, 0) is 0 Å². The van der Waals surface area contributed by atoms with Crippen LogP contribution in [0, 0.1) is 6.92 Å². The Kier molecular flexibility index (Phi) is 5.39.